The van der Waals surface area contributed by atoms with Gasteiger partial charge < -0.3 is 9.64 Å². The molecule has 1 heterocycles. The quantitative estimate of drug-likeness (QED) is 0.826. The molecule has 1 saturated heterocycles. The van der Waals surface area contributed by atoms with Crippen molar-refractivity contribution in [2.45, 2.75) is 19.8 Å². The van der Waals surface area contributed by atoms with Crippen molar-refractivity contribution >= 4 is 17.5 Å². The summed E-state index contributed by atoms with van der Waals surface area (Å²) in [6.07, 6.45) is 1.63. The molecule has 0 bridgehead atoms. The molecule has 17 heavy (non-hydrogen) atoms. The number of halogens is 1. The molecule has 0 atom stereocenters. The van der Waals surface area contributed by atoms with Crippen LogP contribution in [0, 0.1) is 6.92 Å². The first-order valence-corrected chi connectivity index (χ1v) is 6.21. The van der Waals surface area contributed by atoms with Gasteiger partial charge in [0.1, 0.15) is 12.4 Å². The standard InChI is InChI=1S/C13H16ClNO2/c1-10-4-5-11(14)12(9-10)17-8-7-15-6-2-3-13(15)16/h4-5,9H,2-3,6-8H2,1H3. The van der Waals surface area contributed by atoms with E-state index in [1.807, 2.05) is 30.0 Å². The highest BCUT2D eigenvalue weighted by Gasteiger charge is 2.19. The molecule has 0 radical (unpaired) electrons. The van der Waals surface area contributed by atoms with Gasteiger partial charge in [0.05, 0.1) is 11.6 Å². The third kappa shape index (κ3) is 3.13. The van der Waals surface area contributed by atoms with E-state index >= 15 is 0 Å². The number of benzene rings is 1. The van der Waals surface area contributed by atoms with Gasteiger partial charge in [-0.25, -0.2) is 0 Å². The van der Waals surface area contributed by atoms with Gasteiger partial charge in [-0.15, -0.1) is 0 Å². The number of hydrogen-bond acceptors (Lipinski definition) is 2. The van der Waals surface area contributed by atoms with Crippen molar-refractivity contribution < 1.29 is 9.53 Å². The summed E-state index contributed by atoms with van der Waals surface area (Å²) >= 11 is 6.01. The fourth-order valence-corrected chi connectivity index (χ4v) is 2.10. The molecule has 0 N–H and O–H groups in total. The molecule has 0 aromatic heterocycles. The van der Waals surface area contributed by atoms with E-state index in [9.17, 15) is 4.79 Å². The van der Waals surface area contributed by atoms with E-state index in [0.29, 0.717) is 30.3 Å². The van der Waals surface area contributed by atoms with Crippen LogP contribution in [0.3, 0.4) is 0 Å². The Hall–Kier alpha value is -1.22. The van der Waals surface area contributed by atoms with Crippen molar-refractivity contribution in [3.63, 3.8) is 0 Å². The molecule has 1 aromatic rings. The second kappa shape index (κ2) is 5.41. The number of amides is 1. The van der Waals surface area contributed by atoms with Crippen LogP contribution >= 0.6 is 11.6 Å². The highest BCUT2D eigenvalue weighted by Crippen LogP contribution is 2.25. The zero-order valence-electron chi connectivity index (χ0n) is 9.91. The van der Waals surface area contributed by atoms with Crippen molar-refractivity contribution in [2.24, 2.45) is 0 Å². The maximum atomic E-state index is 11.4. The lowest BCUT2D eigenvalue weighted by molar-refractivity contribution is -0.128. The summed E-state index contributed by atoms with van der Waals surface area (Å²) in [6.45, 7) is 3.98. The first-order valence-electron chi connectivity index (χ1n) is 5.83. The molecule has 92 valence electrons. The molecule has 1 aliphatic heterocycles. The third-order valence-electron chi connectivity index (χ3n) is 2.88. The van der Waals surface area contributed by atoms with E-state index in [1.165, 1.54) is 0 Å². The molecule has 1 aromatic carbocycles. The van der Waals surface area contributed by atoms with E-state index < -0.39 is 0 Å². The van der Waals surface area contributed by atoms with Gasteiger partial charge in [0.2, 0.25) is 5.91 Å². The van der Waals surface area contributed by atoms with Crippen molar-refractivity contribution in [3.8, 4) is 5.75 Å². The summed E-state index contributed by atoms with van der Waals surface area (Å²) in [5.41, 5.74) is 1.11. The molecule has 0 aliphatic carbocycles. The topological polar surface area (TPSA) is 29.5 Å². The fraction of sp³-hybridized carbons (Fsp3) is 0.462. The van der Waals surface area contributed by atoms with Gasteiger partial charge in [-0.3, -0.25) is 4.79 Å². The van der Waals surface area contributed by atoms with Crippen molar-refractivity contribution in [3.05, 3.63) is 28.8 Å². The molecule has 1 aliphatic rings. The van der Waals surface area contributed by atoms with Crippen LogP contribution in [0.15, 0.2) is 18.2 Å². The molecular formula is C13H16ClNO2. The molecule has 0 saturated carbocycles. The minimum atomic E-state index is 0.226. The van der Waals surface area contributed by atoms with Gasteiger partial charge in [0, 0.05) is 13.0 Å². The predicted molar refractivity (Wildman–Crippen MR) is 67.5 cm³/mol. The predicted octanol–water partition coefficient (Wildman–Crippen LogP) is 2.65. The fourth-order valence-electron chi connectivity index (χ4n) is 1.93. The van der Waals surface area contributed by atoms with E-state index in [1.54, 1.807) is 0 Å². The Morgan fingerprint density at radius 3 is 3.00 bits per heavy atom. The number of aryl methyl sites for hydroxylation is 1. The Bertz CT molecular complexity index is 420. The summed E-state index contributed by atoms with van der Waals surface area (Å²) in [6, 6.07) is 5.68. The number of hydrogen-bond donors (Lipinski definition) is 0. The molecular weight excluding hydrogens is 238 g/mol. The second-order valence-corrected chi connectivity index (χ2v) is 4.67. The van der Waals surface area contributed by atoms with Crippen LogP contribution in [-0.4, -0.2) is 30.5 Å². The number of carbonyl (C=O) groups is 1. The number of carbonyl (C=O) groups excluding carboxylic acids is 1. The van der Waals surface area contributed by atoms with Gasteiger partial charge in [-0.1, -0.05) is 17.7 Å². The van der Waals surface area contributed by atoms with Gasteiger partial charge in [0.15, 0.2) is 0 Å². The molecule has 1 fully saturated rings. The van der Waals surface area contributed by atoms with Gasteiger partial charge in [-0.05, 0) is 31.0 Å². The van der Waals surface area contributed by atoms with Gasteiger partial charge in [-0.2, -0.15) is 0 Å². The lowest BCUT2D eigenvalue weighted by Gasteiger charge is -2.16. The lowest BCUT2D eigenvalue weighted by Crippen LogP contribution is -2.29. The Morgan fingerprint density at radius 1 is 1.47 bits per heavy atom. The average Bonchev–Trinajstić information content (AvgIpc) is 2.70. The molecule has 1 amide bonds. The molecule has 3 nitrogen and oxygen atoms in total. The summed E-state index contributed by atoms with van der Waals surface area (Å²) in [5, 5.41) is 0.614. The molecule has 0 unspecified atom stereocenters. The first-order chi connectivity index (χ1) is 8.16. The van der Waals surface area contributed by atoms with Crippen LogP contribution in [0.1, 0.15) is 18.4 Å². The summed E-state index contributed by atoms with van der Waals surface area (Å²) < 4.78 is 5.60. The molecule has 4 heteroatoms. The number of rotatable bonds is 4. The van der Waals surface area contributed by atoms with E-state index in [-0.39, 0.29) is 5.91 Å². The second-order valence-electron chi connectivity index (χ2n) is 4.27. The largest absolute Gasteiger partial charge is 0.490 e. The highest BCUT2D eigenvalue weighted by atomic mass is 35.5. The van der Waals surface area contributed by atoms with E-state index in [0.717, 1.165) is 18.5 Å². The van der Waals surface area contributed by atoms with Gasteiger partial charge >= 0.3 is 0 Å². The Kier molecular flexibility index (Phi) is 3.89. The zero-order chi connectivity index (χ0) is 12.3. The normalized spacial score (nSPS) is 15.4. The van der Waals surface area contributed by atoms with Crippen molar-refractivity contribution in [1.82, 2.24) is 4.90 Å². The van der Waals surface area contributed by atoms with E-state index in [4.69, 9.17) is 16.3 Å². The van der Waals surface area contributed by atoms with Crippen LogP contribution < -0.4 is 4.74 Å². The summed E-state index contributed by atoms with van der Waals surface area (Å²) in [4.78, 5) is 13.2. The summed E-state index contributed by atoms with van der Waals surface area (Å²) in [5.74, 6) is 0.919. The van der Waals surface area contributed by atoms with Crippen molar-refractivity contribution in [1.29, 1.82) is 0 Å². The smallest absolute Gasteiger partial charge is 0.222 e. The molecule has 0 spiro atoms. The highest BCUT2D eigenvalue weighted by molar-refractivity contribution is 6.32. The number of nitrogens with zero attached hydrogens (tertiary/aromatic N) is 1. The first kappa shape index (κ1) is 12.2. The van der Waals surface area contributed by atoms with Crippen LogP contribution in [0.5, 0.6) is 5.75 Å². The number of ether oxygens (including phenoxy) is 1. The van der Waals surface area contributed by atoms with Crippen LogP contribution in [0.2, 0.25) is 5.02 Å². The summed E-state index contributed by atoms with van der Waals surface area (Å²) in [7, 11) is 0. The van der Waals surface area contributed by atoms with Crippen molar-refractivity contribution in [2.75, 3.05) is 19.7 Å². The van der Waals surface area contributed by atoms with Crippen LogP contribution in [0.4, 0.5) is 0 Å². The maximum absolute atomic E-state index is 11.4. The Balaban J connectivity index is 1.85. The average molecular weight is 254 g/mol. The monoisotopic (exact) mass is 253 g/mol. The Labute approximate surface area is 106 Å². The zero-order valence-corrected chi connectivity index (χ0v) is 10.7. The lowest BCUT2D eigenvalue weighted by atomic mass is 10.2. The maximum Gasteiger partial charge on any atom is 0.222 e. The minimum Gasteiger partial charge on any atom is -0.490 e. The van der Waals surface area contributed by atoms with Crippen LogP contribution in [0.25, 0.3) is 0 Å². The van der Waals surface area contributed by atoms with E-state index in [2.05, 4.69) is 0 Å². The van der Waals surface area contributed by atoms with Crippen LogP contribution in [-0.2, 0) is 4.79 Å². The minimum absolute atomic E-state index is 0.226. The number of likely N-dealkylation sites (tertiary alicyclic amines) is 1. The molecule has 2 rings (SSSR count). The SMILES string of the molecule is Cc1ccc(Cl)c(OCCN2CCCC2=O)c1. The van der Waals surface area contributed by atoms with Gasteiger partial charge in [0.25, 0.3) is 0 Å². The Morgan fingerprint density at radius 2 is 2.29 bits per heavy atom. The third-order valence-corrected chi connectivity index (χ3v) is 3.19.